The maximum Gasteiger partial charge on any atom is 0.303 e. The van der Waals surface area contributed by atoms with Crippen LogP contribution in [0.4, 0.5) is 5.95 Å². The lowest BCUT2D eigenvalue weighted by Gasteiger charge is -1.96. The number of nitrogens with zero attached hydrogens (tertiary/aromatic N) is 3. The van der Waals surface area contributed by atoms with Crippen molar-refractivity contribution in [3.05, 3.63) is 6.33 Å². The highest BCUT2D eigenvalue weighted by atomic mass is 79.9. The molecule has 0 fully saturated rings. The summed E-state index contributed by atoms with van der Waals surface area (Å²) in [6.07, 6.45) is 1.48. The first-order chi connectivity index (χ1) is 5.74. The van der Waals surface area contributed by atoms with Crippen molar-refractivity contribution < 1.29 is 4.79 Å². The van der Waals surface area contributed by atoms with E-state index in [2.05, 4.69) is 42.2 Å². The maximum absolute atomic E-state index is 10.9. The summed E-state index contributed by atoms with van der Waals surface area (Å²) in [4.78, 5) is 13.2. The van der Waals surface area contributed by atoms with Crippen LogP contribution in [0.5, 0.6) is 0 Å². The van der Waals surface area contributed by atoms with Crippen LogP contribution in [0.15, 0.2) is 6.33 Å². The summed E-state index contributed by atoms with van der Waals surface area (Å²) in [5.41, 5.74) is 0. The van der Waals surface area contributed by atoms with Crippen LogP contribution in [0.3, 0.4) is 0 Å². The molecule has 0 aliphatic heterocycles. The first kappa shape index (κ1) is 8.74. The third-order valence-corrected chi connectivity index (χ3v) is 1.30. The summed E-state index contributed by atoms with van der Waals surface area (Å²) < 4.78 is 1.58. The maximum atomic E-state index is 10.9. The molecule has 0 saturated carbocycles. The molecule has 6 heteroatoms. The normalized spacial score (nSPS) is 8.50. The van der Waals surface area contributed by atoms with Crippen molar-refractivity contribution in [2.24, 2.45) is 7.05 Å². The van der Waals surface area contributed by atoms with Gasteiger partial charge in [0.2, 0.25) is 5.95 Å². The molecule has 0 radical (unpaired) electrons. The predicted octanol–water partition coefficient (Wildman–Crippen LogP) is 0.109. The molecule has 1 aromatic heterocycles. The number of rotatable bonds is 1. The van der Waals surface area contributed by atoms with Gasteiger partial charge in [-0.1, -0.05) is 0 Å². The summed E-state index contributed by atoms with van der Waals surface area (Å²) in [6, 6.07) is 0. The molecule has 1 N–H and O–H groups in total. The number of nitrogens with one attached hydrogen (secondary N) is 1. The van der Waals surface area contributed by atoms with Gasteiger partial charge in [-0.2, -0.15) is 0 Å². The number of aromatic nitrogens is 3. The number of hydrogen-bond acceptors (Lipinski definition) is 3. The molecule has 5 nitrogen and oxygen atoms in total. The molecule has 62 valence electrons. The lowest BCUT2D eigenvalue weighted by atomic mass is 10.6. The summed E-state index contributed by atoms with van der Waals surface area (Å²) >= 11 is 2.81. The van der Waals surface area contributed by atoms with Crippen molar-refractivity contribution in [3.8, 4) is 10.8 Å². The molecule has 12 heavy (non-hydrogen) atoms. The Morgan fingerprint density at radius 2 is 2.58 bits per heavy atom. The smallest absolute Gasteiger partial charge is 0.303 e. The van der Waals surface area contributed by atoms with E-state index in [1.165, 1.54) is 6.33 Å². The average molecular weight is 229 g/mol. The van der Waals surface area contributed by atoms with Crippen LogP contribution in [0.2, 0.25) is 0 Å². The van der Waals surface area contributed by atoms with Crippen molar-refractivity contribution >= 4 is 27.8 Å². The Hall–Kier alpha value is -1.35. The Labute approximate surface area is 77.3 Å². The van der Waals surface area contributed by atoms with Crippen LogP contribution in [-0.4, -0.2) is 20.7 Å². The van der Waals surface area contributed by atoms with E-state index in [0.29, 0.717) is 5.95 Å². The molecular weight excluding hydrogens is 224 g/mol. The van der Waals surface area contributed by atoms with Gasteiger partial charge in [0.05, 0.1) is 0 Å². The van der Waals surface area contributed by atoms with E-state index < -0.39 is 5.91 Å². The number of carbonyl (C=O) groups is 1. The number of halogens is 1. The van der Waals surface area contributed by atoms with Crippen molar-refractivity contribution in [2.45, 2.75) is 0 Å². The predicted molar refractivity (Wildman–Crippen MR) is 46.3 cm³/mol. The zero-order chi connectivity index (χ0) is 8.97. The fraction of sp³-hybridized carbons (Fsp3) is 0.167. The van der Waals surface area contributed by atoms with Gasteiger partial charge in [0, 0.05) is 28.9 Å². The number of carbonyl (C=O) groups excluding carboxylic acids is 1. The summed E-state index contributed by atoms with van der Waals surface area (Å²) in [6.45, 7) is 0. The minimum Gasteiger partial charge on any atom is -0.303 e. The minimum absolute atomic E-state index is 0.371. The molecule has 1 heterocycles. The van der Waals surface area contributed by atoms with E-state index in [9.17, 15) is 4.79 Å². The third-order valence-electron chi connectivity index (χ3n) is 1.10. The van der Waals surface area contributed by atoms with Crippen LogP contribution in [0, 0.1) is 10.8 Å². The van der Waals surface area contributed by atoms with Gasteiger partial charge in [0.25, 0.3) is 0 Å². The molecule has 0 aliphatic rings. The molecule has 1 amide bonds. The van der Waals surface area contributed by atoms with E-state index >= 15 is 0 Å². The van der Waals surface area contributed by atoms with Crippen LogP contribution < -0.4 is 5.32 Å². The topological polar surface area (TPSA) is 59.8 Å². The van der Waals surface area contributed by atoms with Crippen molar-refractivity contribution in [3.63, 3.8) is 0 Å². The molecule has 1 aromatic rings. The van der Waals surface area contributed by atoms with Gasteiger partial charge in [-0.15, -0.1) is 10.2 Å². The first-order valence-electron chi connectivity index (χ1n) is 3.00. The molecule has 0 bridgehead atoms. The van der Waals surface area contributed by atoms with Crippen molar-refractivity contribution in [1.29, 1.82) is 0 Å². The second-order valence-electron chi connectivity index (χ2n) is 1.94. The van der Waals surface area contributed by atoms with Gasteiger partial charge in [-0.3, -0.25) is 10.1 Å². The van der Waals surface area contributed by atoms with Gasteiger partial charge in [0.1, 0.15) is 6.33 Å². The molecule has 0 atom stereocenters. The van der Waals surface area contributed by atoms with Crippen LogP contribution >= 0.6 is 15.9 Å². The summed E-state index contributed by atoms with van der Waals surface area (Å²) in [5, 5.41) is 9.65. The monoisotopic (exact) mass is 228 g/mol. The number of hydrogen-bond donors (Lipinski definition) is 1. The van der Waals surface area contributed by atoms with E-state index in [0.717, 1.165) is 0 Å². The van der Waals surface area contributed by atoms with Crippen LogP contribution in [0.1, 0.15) is 0 Å². The molecular formula is C6H5BrN4O. The molecule has 0 spiro atoms. The number of amides is 1. The first-order valence-corrected chi connectivity index (χ1v) is 3.80. The largest absolute Gasteiger partial charge is 0.303 e. The van der Waals surface area contributed by atoms with Gasteiger partial charge in [-0.25, -0.2) is 0 Å². The fourth-order valence-electron chi connectivity index (χ4n) is 0.572. The van der Waals surface area contributed by atoms with Gasteiger partial charge in [-0.05, 0) is 4.83 Å². The standard InChI is InChI=1S/C6H5BrN4O/c1-11-4-8-10-6(11)9-5(12)2-3-7/h4H,1H3,(H,9,10,12). The van der Waals surface area contributed by atoms with Crippen molar-refractivity contribution in [2.75, 3.05) is 5.32 Å². The lowest BCUT2D eigenvalue weighted by molar-refractivity contribution is -0.111. The quantitative estimate of drug-likeness (QED) is 0.695. The zero-order valence-electron chi connectivity index (χ0n) is 6.21. The second kappa shape index (κ2) is 3.88. The van der Waals surface area contributed by atoms with Crippen LogP contribution in [-0.2, 0) is 11.8 Å². The Morgan fingerprint density at radius 1 is 1.83 bits per heavy atom. The molecule has 1 rings (SSSR count). The molecule has 0 saturated heterocycles. The van der Waals surface area contributed by atoms with Crippen molar-refractivity contribution in [1.82, 2.24) is 14.8 Å². The van der Waals surface area contributed by atoms with Gasteiger partial charge in [0.15, 0.2) is 0 Å². The summed E-state index contributed by atoms with van der Waals surface area (Å²) in [7, 11) is 1.72. The zero-order valence-corrected chi connectivity index (χ0v) is 7.79. The second-order valence-corrected chi connectivity index (χ2v) is 2.34. The lowest BCUT2D eigenvalue weighted by Crippen LogP contribution is -2.12. The highest BCUT2D eigenvalue weighted by molar-refractivity contribution is 9.12. The highest BCUT2D eigenvalue weighted by Gasteiger charge is 2.02. The van der Waals surface area contributed by atoms with Crippen LogP contribution in [0.25, 0.3) is 0 Å². The van der Waals surface area contributed by atoms with E-state index in [1.54, 1.807) is 11.6 Å². The van der Waals surface area contributed by atoms with E-state index in [-0.39, 0.29) is 0 Å². The number of anilines is 1. The highest BCUT2D eigenvalue weighted by Crippen LogP contribution is 1.96. The Kier molecular flexibility index (Phi) is 2.82. The minimum atomic E-state index is -0.428. The number of aryl methyl sites for hydroxylation is 1. The molecule has 0 unspecified atom stereocenters. The van der Waals surface area contributed by atoms with E-state index in [4.69, 9.17) is 0 Å². The Morgan fingerprint density at radius 3 is 3.08 bits per heavy atom. The molecule has 0 aliphatic carbocycles. The fourth-order valence-corrected chi connectivity index (χ4v) is 0.752. The SMILES string of the molecule is Cn1cnnc1NC(=O)C#CBr. The average Bonchev–Trinajstić information content (AvgIpc) is 2.37. The van der Waals surface area contributed by atoms with Gasteiger partial charge < -0.3 is 4.57 Å². The molecule has 0 aromatic carbocycles. The Bertz CT molecular complexity index is 348. The van der Waals surface area contributed by atoms with E-state index in [1.807, 2.05) is 0 Å². The van der Waals surface area contributed by atoms with Gasteiger partial charge >= 0.3 is 5.91 Å². The third kappa shape index (κ3) is 2.07. The Balaban J connectivity index is 2.68. The summed E-state index contributed by atoms with van der Waals surface area (Å²) in [5.74, 6) is 2.19.